The van der Waals surface area contributed by atoms with Gasteiger partial charge in [-0.2, -0.15) is 0 Å². The molecule has 1 aromatic heterocycles. The molecule has 3 atom stereocenters. The summed E-state index contributed by atoms with van der Waals surface area (Å²) in [4.78, 5) is 54.9. The van der Waals surface area contributed by atoms with Gasteiger partial charge in [0.05, 0.1) is 16.6 Å². The monoisotopic (exact) mass is 579 g/mol. The lowest BCUT2D eigenvalue weighted by Crippen LogP contribution is -2.33. The lowest BCUT2D eigenvalue weighted by Gasteiger charge is -2.30. The number of nitrogens with zero attached hydrogens (tertiary/aromatic N) is 2. The van der Waals surface area contributed by atoms with Crippen LogP contribution >= 0.6 is 34.7 Å². The zero-order valence-electron chi connectivity index (χ0n) is 20.0. The highest BCUT2D eigenvalue weighted by atomic mass is 35.5. The summed E-state index contributed by atoms with van der Waals surface area (Å²) in [6, 6.07) is 21.0. The van der Waals surface area contributed by atoms with Gasteiger partial charge in [-0.25, -0.2) is 9.29 Å². The van der Waals surface area contributed by atoms with E-state index in [9.17, 15) is 23.6 Å². The molecule has 0 aliphatic carbocycles. The predicted molar refractivity (Wildman–Crippen MR) is 149 cm³/mol. The molecule has 1 N–H and O–H groups in total. The number of carbonyl (C=O) groups excluding carboxylic acids is 3. The van der Waals surface area contributed by atoms with Crippen molar-refractivity contribution in [2.75, 3.05) is 10.2 Å². The third kappa shape index (κ3) is 4.58. The van der Waals surface area contributed by atoms with Crippen molar-refractivity contribution in [2.45, 2.75) is 22.7 Å². The molecule has 196 valence electrons. The van der Waals surface area contributed by atoms with Crippen LogP contribution in [0.3, 0.4) is 0 Å². The average Bonchev–Trinajstić information content (AvgIpc) is 3.36. The Balaban J connectivity index is 1.42. The molecule has 1 saturated heterocycles. The minimum absolute atomic E-state index is 0.261. The van der Waals surface area contributed by atoms with Crippen LogP contribution < -0.4 is 15.1 Å². The number of hydrogen-bond donors (Lipinski definition) is 1. The SMILES string of the molecule is O=C(Cn1c2c(sc1=O)C(c1ccc(F)cc1)C1C(=O)N(c3ccc(Cl)cc3)C(=O)C1S2)Nc1ccccc1. The highest BCUT2D eigenvalue weighted by Crippen LogP contribution is 2.53. The van der Waals surface area contributed by atoms with Crippen molar-refractivity contribution in [3.8, 4) is 0 Å². The number of halogens is 2. The molecule has 3 amide bonds. The number of nitrogens with one attached hydrogen (secondary N) is 1. The molecule has 3 aromatic carbocycles. The predicted octanol–water partition coefficient (Wildman–Crippen LogP) is 5.14. The molecule has 11 heteroatoms. The summed E-state index contributed by atoms with van der Waals surface area (Å²) >= 11 is 8.07. The van der Waals surface area contributed by atoms with Gasteiger partial charge in [0.15, 0.2) is 0 Å². The third-order valence-corrected chi connectivity index (χ3v) is 9.58. The van der Waals surface area contributed by atoms with Crippen LogP contribution in [0.2, 0.25) is 5.02 Å². The van der Waals surface area contributed by atoms with E-state index in [-0.39, 0.29) is 11.4 Å². The molecule has 3 unspecified atom stereocenters. The second-order valence-electron chi connectivity index (χ2n) is 9.12. The van der Waals surface area contributed by atoms with Gasteiger partial charge in [0.1, 0.15) is 17.6 Å². The van der Waals surface area contributed by atoms with E-state index in [1.54, 1.807) is 60.7 Å². The number of hydrogen-bond acceptors (Lipinski definition) is 6. The lowest BCUT2D eigenvalue weighted by molar-refractivity contribution is -0.122. The Kier molecular flexibility index (Phi) is 6.62. The van der Waals surface area contributed by atoms with Crippen LogP contribution in [0.1, 0.15) is 16.4 Å². The van der Waals surface area contributed by atoms with E-state index in [1.807, 2.05) is 6.07 Å². The summed E-state index contributed by atoms with van der Waals surface area (Å²) in [5, 5.41) is 2.86. The van der Waals surface area contributed by atoms with E-state index in [2.05, 4.69) is 5.32 Å². The van der Waals surface area contributed by atoms with Gasteiger partial charge in [0.25, 0.3) is 0 Å². The summed E-state index contributed by atoms with van der Waals surface area (Å²) in [6.07, 6.45) is 0. The van der Waals surface area contributed by atoms with E-state index in [0.29, 0.717) is 31.9 Å². The Morgan fingerprint density at radius 3 is 2.31 bits per heavy atom. The van der Waals surface area contributed by atoms with E-state index in [1.165, 1.54) is 16.7 Å². The molecule has 0 spiro atoms. The Morgan fingerprint density at radius 1 is 0.923 bits per heavy atom. The molecule has 1 fully saturated rings. The molecule has 6 rings (SSSR count). The van der Waals surface area contributed by atoms with E-state index in [0.717, 1.165) is 28.0 Å². The normalized spacial score (nSPS) is 20.1. The zero-order valence-corrected chi connectivity index (χ0v) is 22.4. The Labute approximate surface area is 235 Å². The van der Waals surface area contributed by atoms with Gasteiger partial charge >= 0.3 is 4.87 Å². The van der Waals surface area contributed by atoms with Crippen molar-refractivity contribution in [1.29, 1.82) is 0 Å². The molecule has 2 aliphatic rings. The first-order chi connectivity index (χ1) is 18.8. The summed E-state index contributed by atoms with van der Waals surface area (Å²) in [5.41, 5.74) is 1.59. The number of fused-ring (bicyclic) bond motifs is 2. The van der Waals surface area contributed by atoms with Crippen molar-refractivity contribution in [1.82, 2.24) is 4.57 Å². The summed E-state index contributed by atoms with van der Waals surface area (Å²) < 4.78 is 15.2. The first kappa shape index (κ1) is 25.5. The molecule has 3 heterocycles. The highest BCUT2D eigenvalue weighted by Gasteiger charge is 2.56. The van der Waals surface area contributed by atoms with Gasteiger partial charge < -0.3 is 5.32 Å². The maximum atomic E-state index is 13.8. The number of aromatic nitrogens is 1. The number of rotatable bonds is 5. The molecule has 2 aliphatic heterocycles. The number of benzene rings is 3. The molecular formula is C28H19ClFN3O4S2. The summed E-state index contributed by atoms with van der Waals surface area (Å²) in [5.74, 6) is -3.16. The average molecular weight is 580 g/mol. The zero-order chi connectivity index (χ0) is 27.3. The molecular weight excluding hydrogens is 561 g/mol. The molecule has 7 nitrogen and oxygen atoms in total. The fourth-order valence-corrected chi connectivity index (χ4v) is 7.89. The van der Waals surface area contributed by atoms with Crippen LogP contribution in [0, 0.1) is 11.7 Å². The largest absolute Gasteiger partial charge is 0.325 e. The van der Waals surface area contributed by atoms with Crippen molar-refractivity contribution in [3.05, 3.63) is 110 Å². The quantitative estimate of drug-likeness (QED) is 0.331. The topological polar surface area (TPSA) is 88.5 Å². The first-order valence-electron chi connectivity index (χ1n) is 12.0. The van der Waals surface area contributed by atoms with Crippen molar-refractivity contribution in [3.63, 3.8) is 0 Å². The van der Waals surface area contributed by atoms with Gasteiger partial charge in [-0.1, -0.05) is 65.0 Å². The number of imide groups is 1. The van der Waals surface area contributed by atoms with Crippen LogP contribution in [-0.2, 0) is 20.9 Å². The maximum Gasteiger partial charge on any atom is 0.308 e. The van der Waals surface area contributed by atoms with E-state index in [4.69, 9.17) is 11.6 Å². The highest BCUT2D eigenvalue weighted by molar-refractivity contribution is 8.00. The Morgan fingerprint density at radius 2 is 1.62 bits per heavy atom. The van der Waals surface area contributed by atoms with Crippen molar-refractivity contribution >= 4 is 63.8 Å². The lowest BCUT2D eigenvalue weighted by atomic mass is 9.83. The molecule has 0 radical (unpaired) electrons. The number of anilines is 2. The smallest absolute Gasteiger partial charge is 0.308 e. The molecule has 0 bridgehead atoms. The third-order valence-electron chi connectivity index (χ3n) is 6.72. The van der Waals surface area contributed by atoms with Crippen molar-refractivity contribution in [2.24, 2.45) is 5.92 Å². The number of thiazole rings is 1. The van der Waals surface area contributed by atoms with Gasteiger partial charge in [0.2, 0.25) is 17.7 Å². The number of thioether (sulfide) groups is 1. The van der Waals surface area contributed by atoms with Gasteiger partial charge in [0, 0.05) is 21.5 Å². The maximum absolute atomic E-state index is 13.8. The van der Waals surface area contributed by atoms with Crippen LogP contribution in [0.5, 0.6) is 0 Å². The summed E-state index contributed by atoms with van der Waals surface area (Å²) in [6.45, 7) is -0.261. The van der Waals surface area contributed by atoms with E-state index >= 15 is 0 Å². The van der Waals surface area contributed by atoms with Crippen LogP contribution in [-0.4, -0.2) is 27.5 Å². The minimum Gasteiger partial charge on any atom is -0.325 e. The molecule has 39 heavy (non-hydrogen) atoms. The van der Waals surface area contributed by atoms with Crippen LogP contribution in [0.25, 0.3) is 0 Å². The second-order valence-corrected chi connectivity index (χ2v) is 11.7. The number of para-hydroxylation sites is 1. The standard InChI is InChI=1S/C28H19ClFN3O4S2/c29-16-8-12-19(13-9-16)33-25(35)22-21(15-6-10-17(30)11-7-15)24-27(38-23(22)26(33)36)32(28(37)39-24)14-20(34)31-18-4-2-1-3-5-18/h1-13,21-23H,14H2,(H,31,34). The number of carbonyl (C=O) groups is 3. The van der Waals surface area contributed by atoms with Crippen LogP contribution in [0.15, 0.2) is 88.7 Å². The van der Waals surface area contributed by atoms with E-state index < -0.39 is 40.6 Å². The van der Waals surface area contributed by atoms with Crippen LogP contribution in [0.4, 0.5) is 15.8 Å². The fourth-order valence-electron chi connectivity index (χ4n) is 4.99. The fraction of sp³-hybridized carbons (Fsp3) is 0.143. The molecule has 0 saturated carbocycles. The second kappa shape index (κ2) is 10.1. The van der Waals surface area contributed by atoms with Gasteiger partial charge in [-0.05, 0) is 54.1 Å². The van der Waals surface area contributed by atoms with Gasteiger partial charge in [-0.15, -0.1) is 0 Å². The minimum atomic E-state index is -0.840. The molecule has 4 aromatic rings. The van der Waals surface area contributed by atoms with Gasteiger partial charge in [-0.3, -0.25) is 23.7 Å². The Bertz CT molecular complexity index is 1660. The summed E-state index contributed by atoms with van der Waals surface area (Å²) in [7, 11) is 0. The number of amides is 3. The van der Waals surface area contributed by atoms with Crippen molar-refractivity contribution < 1.29 is 18.8 Å². The first-order valence-corrected chi connectivity index (χ1v) is 14.0. The Hall–Kier alpha value is -3.73.